The molecule has 1 amide bonds. The van der Waals surface area contributed by atoms with E-state index in [1.165, 1.54) is 0 Å². The number of anilines is 2. The maximum Gasteiger partial charge on any atom is 0.338 e. The molecule has 1 atom stereocenters. The molecule has 1 heterocycles. The summed E-state index contributed by atoms with van der Waals surface area (Å²) in [5.74, 6) is -0.671. The predicted octanol–water partition coefficient (Wildman–Crippen LogP) is 4.14. The van der Waals surface area contributed by atoms with Crippen LogP contribution in [0.3, 0.4) is 0 Å². The molecule has 3 aromatic carbocycles. The smallest absolute Gasteiger partial charge is 0.338 e. The predicted molar refractivity (Wildman–Crippen MR) is 135 cm³/mol. The minimum Gasteiger partial charge on any atom is -0.462 e. The Balaban J connectivity index is 1.75. The van der Waals surface area contributed by atoms with Crippen molar-refractivity contribution >= 4 is 34.5 Å². The molecule has 7 nitrogen and oxygen atoms in total. The van der Waals surface area contributed by atoms with Crippen LogP contribution in [0.25, 0.3) is 11.3 Å². The zero-order valence-corrected chi connectivity index (χ0v) is 19.0. The molecule has 1 aliphatic heterocycles. The van der Waals surface area contributed by atoms with Crippen molar-refractivity contribution < 1.29 is 14.3 Å². The Morgan fingerprint density at radius 3 is 2.44 bits per heavy atom. The molecule has 0 aliphatic carbocycles. The van der Waals surface area contributed by atoms with Crippen molar-refractivity contribution in [2.45, 2.75) is 19.4 Å². The molecule has 174 valence electrons. The number of carbonyl (C=O) groups is 2. The maximum absolute atomic E-state index is 13.1. The van der Waals surface area contributed by atoms with Crippen LogP contribution >= 0.6 is 0 Å². The third kappa shape index (κ3) is 4.85. The summed E-state index contributed by atoms with van der Waals surface area (Å²) in [6.07, 6.45) is 0.705. The Morgan fingerprint density at radius 1 is 1.03 bits per heavy atom. The largest absolute Gasteiger partial charge is 0.462 e. The minimum atomic E-state index is -0.425. The Bertz CT molecular complexity index is 1220. The summed E-state index contributed by atoms with van der Waals surface area (Å²) in [5, 5.41) is 6.31. The van der Waals surface area contributed by atoms with Gasteiger partial charge in [-0.1, -0.05) is 48.5 Å². The second-order valence-corrected chi connectivity index (χ2v) is 7.98. The number of rotatable bonds is 8. The van der Waals surface area contributed by atoms with Crippen LogP contribution in [0.5, 0.6) is 0 Å². The van der Waals surface area contributed by atoms with Gasteiger partial charge in [0.15, 0.2) is 0 Å². The van der Waals surface area contributed by atoms with Gasteiger partial charge in [-0.05, 0) is 55.3 Å². The van der Waals surface area contributed by atoms with E-state index < -0.39 is 5.97 Å². The van der Waals surface area contributed by atoms with Gasteiger partial charge in [-0.2, -0.15) is 0 Å². The summed E-state index contributed by atoms with van der Waals surface area (Å²) in [6.45, 7) is 2.56. The second-order valence-electron chi connectivity index (χ2n) is 7.98. The highest BCUT2D eigenvalue weighted by Crippen LogP contribution is 2.38. The zero-order valence-electron chi connectivity index (χ0n) is 19.0. The highest BCUT2D eigenvalue weighted by Gasteiger charge is 2.29. The first-order valence-electron chi connectivity index (χ1n) is 11.3. The summed E-state index contributed by atoms with van der Waals surface area (Å²) < 4.78 is 5.09. The topological polar surface area (TPSA) is 119 Å². The molecule has 7 heteroatoms. The van der Waals surface area contributed by atoms with Gasteiger partial charge in [-0.15, -0.1) is 0 Å². The molecule has 1 aliphatic rings. The zero-order chi connectivity index (χ0) is 24.1. The number of nitrogens with one attached hydrogen (secondary N) is 2. The van der Waals surface area contributed by atoms with Crippen molar-refractivity contribution in [2.75, 3.05) is 23.8 Å². The summed E-state index contributed by atoms with van der Waals surface area (Å²) in [5.41, 5.74) is 17.3. The minimum absolute atomic E-state index is 0.118. The van der Waals surface area contributed by atoms with E-state index in [1.807, 2.05) is 54.6 Å². The van der Waals surface area contributed by atoms with Crippen molar-refractivity contribution in [2.24, 2.45) is 11.5 Å². The average molecular weight is 457 g/mol. The van der Waals surface area contributed by atoms with Gasteiger partial charge < -0.3 is 26.8 Å². The molecule has 3 aromatic rings. The molecule has 0 spiro atoms. The lowest BCUT2D eigenvalue weighted by atomic mass is 9.98. The summed E-state index contributed by atoms with van der Waals surface area (Å²) in [4.78, 5) is 25.3. The number of fused-ring (bicyclic) bond motifs is 1. The fourth-order valence-electron chi connectivity index (χ4n) is 3.95. The molecule has 1 unspecified atom stereocenters. The molecule has 0 saturated carbocycles. The van der Waals surface area contributed by atoms with Gasteiger partial charge >= 0.3 is 5.97 Å². The van der Waals surface area contributed by atoms with Gasteiger partial charge in [-0.25, -0.2) is 4.79 Å². The lowest BCUT2D eigenvalue weighted by Crippen LogP contribution is -2.15. The standard InChI is InChI=1S/C27H28N4O3/c1-2-34-27(33)19-10-13-21-23(16-19)31-26(32)24(21)25(18-6-4-3-5-7-18)30-20-11-8-17(9-12-20)22(29)14-15-28/h3-13,16,22,30H,2,14-15,28-29H2,1H3,(H,31,32). The number of nitrogens with two attached hydrogens (primary N) is 2. The number of amides is 1. The molecule has 4 rings (SSSR count). The molecule has 0 radical (unpaired) electrons. The Kier molecular flexibility index (Phi) is 7.06. The monoisotopic (exact) mass is 456 g/mol. The van der Waals surface area contributed by atoms with E-state index in [9.17, 15) is 9.59 Å². The van der Waals surface area contributed by atoms with E-state index >= 15 is 0 Å². The molecule has 6 N–H and O–H groups in total. The molecule has 0 fully saturated rings. The number of carbonyl (C=O) groups excluding carboxylic acids is 2. The van der Waals surface area contributed by atoms with Crippen LogP contribution in [-0.4, -0.2) is 25.0 Å². The Hall–Kier alpha value is -3.94. The molecular formula is C27H28N4O3. The van der Waals surface area contributed by atoms with Crippen molar-refractivity contribution in [1.29, 1.82) is 0 Å². The van der Waals surface area contributed by atoms with Gasteiger partial charge in [0, 0.05) is 17.3 Å². The fourth-order valence-corrected chi connectivity index (χ4v) is 3.95. The summed E-state index contributed by atoms with van der Waals surface area (Å²) in [6, 6.07) is 22.4. The molecule has 0 bridgehead atoms. The third-order valence-corrected chi connectivity index (χ3v) is 5.67. The van der Waals surface area contributed by atoms with E-state index in [2.05, 4.69) is 10.6 Å². The van der Waals surface area contributed by atoms with Gasteiger partial charge in [0.2, 0.25) is 0 Å². The average Bonchev–Trinajstić information content (AvgIpc) is 3.18. The van der Waals surface area contributed by atoms with Gasteiger partial charge in [0.25, 0.3) is 5.91 Å². The van der Waals surface area contributed by atoms with Crippen molar-refractivity contribution in [3.63, 3.8) is 0 Å². The van der Waals surface area contributed by atoms with Crippen molar-refractivity contribution in [1.82, 2.24) is 0 Å². The summed E-state index contributed by atoms with van der Waals surface area (Å²) >= 11 is 0. The van der Waals surface area contributed by atoms with Crippen LogP contribution in [-0.2, 0) is 9.53 Å². The van der Waals surface area contributed by atoms with Gasteiger partial charge in [0.1, 0.15) is 0 Å². The third-order valence-electron chi connectivity index (χ3n) is 5.67. The number of benzene rings is 3. The normalized spacial score (nSPS) is 14.7. The molecule has 0 aromatic heterocycles. The first-order valence-corrected chi connectivity index (χ1v) is 11.3. The van der Waals surface area contributed by atoms with Crippen LogP contribution in [0.2, 0.25) is 0 Å². The lowest BCUT2D eigenvalue weighted by Gasteiger charge is -2.16. The van der Waals surface area contributed by atoms with Gasteiger partial charge in [0.05, 0.1) is 29.1 Å². The first-order chi connectivity index (χ1) is 16.5. The Morgan fingerprint density at radius 2 is 1.76 bits per heavy atom. The Labute approximate surface area is 198 Å². The van der Waals surface area contributed by atoms with Crippen LogP contribution in [0, 0.1) is 0 Å². The summed E-state index contributed by atoms with van der Waals surface area (Å²) in [7, 11) is 0. The van der Waals surface area contributed by atoms with Crippen molar-refractivity contribution in [3.05, 3.63) is 95.1 Å². The molecule has 0 saturated heterocycles. The highest BCUT2D eigenvalue weighted by molar-refractivity contribution is 6.37. The number of ether oxygens (including phenoxy) is 1. The van der Waals surface area contributed by atoms with Crippen LogP contribution in [0.1, 0.15) is 46.4 Å². The molecular weight excluding hydrogens is 428 g/mol. The van der Waals surface area contributed by atoms with E-state index in [0.717, 1.165) is 16.8 Å². The van der Waals surface area contributed by atoms with Gasteiger partial charge in [-0.3, -0.25) is 4.79 Å². The van der Waals surface area contributed by atoms with E-state index in [4.69, 9.17) is 16.2 Å². The number of esters is 1. The van der Waals surface area contributed by atoms with E-state index in [-0.39, 0.29) is 18.6 Å². The lowest BCUT2D eigenvalue weighted by molar-refractivity contribution is -0.110. The van der Waals surface area contributed by atoms with Crippen LogP contribution < -0.4 is 22.1 Å². The first kappa shape index (κ1) is 23.2. The van der Waals surface area contributed by atoms with E-state index in [1.54, 1.807) is 25.1 Å². The highest BCUT2D eigenvalue weighted by atomic mass is 16.5. The van der Waals surface area contributed by atoms with E-state index in [0.29, 0.717) is 41.1 Å². The number of hydrogen-bond acceptors (Lipinski definition) is 6. The quantitative estimate of drug-likeness (QED) is 0.299. The second kappa shape index (κ2) is 10.3. The van der Waals surface area contributed by atoms with Crippen LogP contribution in [0.15, 0.2) is 72.8 Å². The molecule has 34 heavy (non-hydrogen) atoms. The number of hydrogen-bond donors (Lipinski definition) is 4. The maximum atomic E-state index is 13.1. The SMILES string of the molecule is CCOC(=O)c1ccc2c(c1)NC(=O)C2=C(Nc1ccc(C(N)CCN)cc1)c1ccccc1. The fraction of sp³-hybridized carbons (Fsp3) is 0.185. The van der Waals surface area contributed by atoms with Crippen molar-refractivity contribution in [3.8, 4) is 0 Å². The van der Waals surface area contributed by atoms with Crippen LogP contribution in [0.4, 0.5) is 11.4 Å².